The number of aromatic nitrogens is 5. The summed E-state index contributed by atoms with van der Waals surface area (Å²) in [7, 11) is 0. The van der Waals surface area contributed by atoms with Gasteiger partial charge >= 0.3 is 0 Å². The highest BCUT2D eigenvalue weighted by atomic mass is 19.1. The predicted octanol–water partition coefficient (Wildman–Crippen LogP) is 2.74. The van der Waals surface area contributed by atoms with Crippen molar-refractivity contribution in [1.82, 2.24) is 24.3 Å². The summed E-state index contributed by atoms with van der Waals surface area (Å²) in [6, 6.07) is 6.85. The Balaban J connectivity index is 1.55. The van der Waals surface area contributed by atoms with Crippen LogP contribution in [-0.2, 0) is 13.0 Å². The van der Waals surface area contributed by atoms with E-state index >= 15 is 0 Å². The number of ether oxygens (including phenoxy) is 1. The molecule has 1 N–H and O–H groups in total. The van der Waals surface area contributed by atoms with E-state index < -0.39 is 0 Å². The molecule has 4 heterocycles. The third kappa shape index (κ3) is 2.91. The van der Waals surface area contributed by atoms with Crippen LogP contribution in [0.25, 0.3) is 16.9 Å². The van der Waals surface area contributed by atoms with Crippen molar-refractivity contribution in [2.75, 3.05) is 11.9 Å². The van der Waals surface area contributed by atoms with Gasteiger partial charge in [-0.2, -0.15) is 5.26 Å². The van der Waals surface area contributed by atoms with E-state index in [9.17, 15) is 9.65 Å². The van der Waals surface area contributed by atoms with Crippen LogP contribution in [0.5, 0.6) is 5.75 Å². The van der Waals surface area contributed by atoms with Crippen molar-refractivity contribution in [3.05, 3.63) is 65.8 Å². The SMILES string of the molecule is N#Cc1cn2c(NCc3c(F)ccc4c3CCO4)ncc(-c3ccncn3)c2n1. The molecule has 3 aromatic heterocycles. The topological polar surface area (TPSA) is 101 Å². The second kappa shape index (κ2) is 6.83. The number of hydrogen-bond acceptors (Lipinski definition) is 7. The minimum absolute atomic E-state index is 0.230. The Labute approximate surface area is 164 Å². The molecule has 0 radical (unpaired) electrons. The molecular formula is C20H14FN7O. The van der Waals surface area contributed by atoms with Gasteiger partial charge in [0.15, 0.2) is 11.3 Å². The van der Waals surface area contributed by atoms with Gasteiger partial charge in [0.05, 0.1) is 24.1 Å². The molecule has 4 aromatic rings. The monoisotopic (exact) mass is 387 g/mol. The number of benzene rings is 1. The molecule has 1 aliphatic heterocycles. The Morgan fingerprint density at radius 2 is 2.21 bits per heavy atom. The molecule has 142 valence electrons. The van der Waals surface area contributed by atoms with Crippen molar-refractivity contribution < 1.29 is 9.13 Å². The van der Waals surface area contributed by atoms with Gasteiger partial charge in [-0.15, -0.1) is 0 Å². The number of rotatable bonds is 4. The van der Waals surface area contributed by atoms with E-state index in [0.717, 1.165) is 11.3 Å². The van der Waals surface area contributed by atoms with Gasteiger partial charge in [-0.25, -0.2) is 24.3 Å². The van der Waals surface area contributed by atoms with Crippen molar-refractivity contribution in [2.24, 2.45) is 0 Å². The third-order valence-electron chi connectivity index (χ3n) is 4.83. The number of hydrogen-bond donors (Lipinski definition) is 1. The van der Waals surface area contributed by atoms with Crippen molar-refractivity contribution in [3.63, 3.8) is 0 Å². The molecule has 0 spiro atoms. The third-order valence-corrected chi connectivity index (χ3v) is 4.83. The fourth-order valence-electron chi connectivity index (χ4n) is 3.47. The highest BCUT2D eigenvalue weighted by molar-refractivity contribution is 5.76. The largest absolute Gasteiger partial charge is 0.493 e. The smallest absolute Gasteiger partial charge is 0.208 e. The number of anilines is 1. The maximum atomic E-state index is 14.4. The lowest BCUT2D eigenvalue weighted by molar-refractivity contribution is 0.356. The van der Waals surface area contributed by atoms with Gasteiger partial charge in [-0.3, -0.25) is 4.40 Å². The first-order valence-electron chi connectivity index (χ1n) is 8.96. The Morgan fingerprint density at radius 3 is 3.03 bits per heavy atom. The molecule has 9 heteroatoms. The quantitative estimate of drug-likeness (QED) is 0.574. The minimum atomic E-state index is -0.293. The van der Waals surface area contributed by atoms with E-state index in [-0.39, 0.29) is 18.1 Å². The fourth-order valence-corrected chi connectivity index (χ4v) is 3.47. The molecule has 0 bridgehead atoms. The maximum absolute atomic E-state index is 14.4. The molecule has 0 saturated heterocycles. The number of nitriles is 1. The van der Waals surface area contributed by atoms with E-state index in [1.165, 1.54) is 12.4 Å². The van der Waals surface area contributed by atoms with Gasteiger partial charge in [0, 0.05) is 36.5 Å². The van der Waals surface area contributed by atoms with Gasteiger partial charge in [0.1, 0.15) is 24.0 Å². The van der Waals surface area contributed by atoms with E-state index in [1.807, 2.05) is 6.07 Å². The Morgan fingerprint density at radius 1 is 1.28 bits per heavy atom. The van der Waals surface area contributed by atoms with E-state index in [2.05, 4.69) is 25.3 Å². The molecule has 5 rings (SSSR count). The summed E-state index contributed by atoms with van der Waals surface area (Å²) in [5.41, 5.74) is 3.50. The average molecular weight is 387 g/mol. The van der Waals surface area contributed by atoms with E-state index in [0.29, 0.717) is 41.4 Å². The zero-order valence-corrected chi connectivity index (χ0v) is 15.1. The first-order valence-corrected chi connectivity index (χ1v) is 8.96. The lowest BCUT2D eigenvalue weighted by Gasteiger charge is -2.12. The molecule has 0 aliphatic carbocycles. The minimum Gasteiger partial charge on any atom is -0.493 e. The van der Waals surface area contributed by atoms with Gasteiger partial charge < -0.3 is 10.1 Å². The van der Waals surface area contributed by atoms with Crippen molar-refractivity contribution in [1.29, 1.82) is 5.26 Å². The van der Waals surface area contributed by atoms with E-state index in [1.54, 1.807) is 35.1 Å². The van der Waals surface area contributed by atoms with Gasteiger partial charge in [0.25, 0.3) is 0 Å². The standard InChI is InChI=1S/C20H14FN7O/c21-16-1-2-18-13(4-6-29-18)14(16)8-24-20-25-9-15(17-3-5-23-11-26-17)19-27-12(7-22)10-28(19)20/h1-3,5,9-11H,4,6,8H2,(H,24,25). The van der Waals surface area contributed by atoms with Crippen LogP contribution in [-0.4, -0.2) is 30.9 Å². The summed E-state index contributed by atoms with van der Waals surface area (Å²) in [6.07, 6.45) is 6.95. The summed E-state index contributed by atoms with van der Waals surface area (Å²) >= 11 is 0. The number of imidazole rings is 1. The van der Waals surface area contributed by atoms with Crippen LogP contribution < -0.4 is 10.1 Å². The number of nitrogens with zero attached hydrogens (tertiary/aromatic N) is 6. The summed E-state index contributed by atoms with van der Waals surface area (Å²) in [5.74, 6) is 0.872. The highest BCUT2D eigenvalue weighted by Crippen LogP contribution is 2.31. The van der Waals surface area contributed by atoms with Crippen LogP contribution in [0, 0.1) is 17.1 Å². The van der Waals surface area contributed by atoms with Crippen LogP contribution >= 0.6 is 0 Å². The number of nitrogens with one attached hydrogen (secondary N) is 1. The second-order valence-electron chi connectivity index (χ2n) is 6.48. The lowest BCUT2D eigenvalue weighted by atomic mass is 10.0. The van der Waals surface area contributed by atoms with Crippen LogP contribution in [0.1, 0.15) is 16.8 Å². The molecule has 0 fully saturated rings. The molecular weight excluding hydrogens is 373 g/mol. The molecule has 0 amide bonds. The zero-order valence-electron chi connectivity index (χ0n) is 15.1. The molecule has 0 saturated carbocycles. The van der Waals surface area contributed by atoms with Crippen LogP contribution in [0.15, 0.2) is 43.1 Å². The first-order chi connectivity index (χ1) is 14.2. The summed E-state index contributed by atoms with van der Waals surface area (Å²) in [5, 5.41) is 12.5. The Bertz CT molecular complexity index is 1260. The average Bonchev–Trinajstić information content (AvgIpc) is 3.40. The second-order valence-corrected chi connectivity index (χ2v) is 6.48. The molecule has 1 aliphatic rings. The number of fused-ring (bicyclic) bond motifs is 2. The molecule has 29 heavy (non-hydrogen) atoms. The van der Waals surface area contributed by atoms with Crippen molar-refractivity contribution in [3.8, 4) is 23.1 Å². The molecule has 0 unspecified atom stereocenters. The van der Waals surface area contributed by atoms with Gasteiger partial charge in [-0.05, 0) is 18.2 Å². The van der Waals surface area contributed by atoms with Gasteiger partial charge in [-0.1, -0.05) is 0 Å². The summed E-state index contributed by atoms with van der Waals surface area (Å²) < 4.78 is 21.6. The van der Waals surface area contributed by atoms with Crippen LogP contribution in [0.3, 0.4) is 0 Å². The fraction of sp³-hybridized carbons (Fsp3) is 0.150. The lowest BCUT2D eigenvalue weighted by Crippen LogP contribution is -2.09. The molecule has 8 nitrogen and oxygen atoms in total. The maximum Gasteiger partial charge on any atom is 0.208 e. The first kappa shape index (κ1) is 17.1. The van der Waals surface area contributed by atoms with Crippen LogP contribution in [0.4, 0.5) is 10.3 Å². The Kier molecular flexibility index (Phi) is 4.02. The number of halogens is 1. The van der Waals surface area contributed by atoms with Gasteiger partial charge in [0.2, 0.25) is 5.95 Å². The predicted molar refractivity (Wildman–Crippen MR) is 102 cm³/mol. The summed E-state index contributed by atoms with van der Waals surface area (Å²) in [4.78, 5) is 17.0. The Hall–Kier alpha value is -4.06. The zero-order chi connectivity index (χ0) is 19.8. The van der Waals surface area contributed by atoms with Crippen molar-refractivity contribution in [2.45, 2.75) is 13.0 Å². The normalized spacial score (nSPS) is 12.4. The molecule has 0 atom stereocenters. The van der Waals surface area contributed by atoms with E-state index in [4.69, 9.17) is 4.74 Å². The highest BCUT2D eigenvalue weighted by Gasteiger charge is 2.20. The summed E-state index contributed by atoms with van der Waals surface area (Å²) in [6.45, 7) is 0.780. The van der Waals surface area contributed by atoms with Crippen molar-refractivity contribution >= 4 is 11.6 Å². The molecule has 1 aromatic carbocycles. The van der Waals surface area contributed by atoms with Crippen LogP contribution in [0.2, 0.25) is 0 Å².